The van der Waals surface area contributed by atoms with Gasteiger partial charge in [0.05, 0.1) is 21.9 Å². The van der Waals surface area contributed by atoms with E-state index in [1.165, 1.54) is 0 Å². The van der Waals surface area contributed by atoms with Crippen LogP contribution in [0.25, 0.3) is 88.0 Å². The summed E-state index contributed by atoms with van der Waals surface area (Å²) in [6, 6.07) is 13.0. The lowest BCUT2D eigenvalue weighted by molar-refractivity contribution is 0.669. The summed E-state index contributed by atoms with van der Waals surface area (Å²) in [5.41, 5.74) is 1.04. The summed E-state index contributed by atoms with van der Waals surface area (Å²) < 4.78 is 144. The van der Waals surface area contributed by atoms with Gasteiger partial charge in [0, 0.05) is 10.8 Å². The summed E-state index contributed by atoms with van der Waals surface area (Å²) in [5, 5.41) is 2.44. The van der Waals surface area contributed by atoms with Crippen molar-refractivity contribution in [1.29, 1.82) is 0 Å². The fraction of sp³-hybridized carbons (Fsp3) is 0. The second-order valence-electron chi connectivity index (χ2n) is 10.4. The molecule has 45 heavy (non-hydrogen) atoms. The Labute approximate surface area is 284 Å². The molecule has 9 aromatic rings. The molecule has 0 aliphatic rings. The van der Waals surface area contributed by atoms with Crippen LogP contribution in [0, 0.1) is 0 Å². The van der Waals surface area contributed by atoms with E-state index in [4.69, 9.17) is 23.6 Å². The summed E-state index contributed by atoms with van der Waals surface area (Å²) in [7, 11) is 0. The molecule has 0 saturated carbocycles. The average Bonchev–Trinajstić information content (AvgIpc) is 3.67. The smallest absolute Gasteiger partial charge is 0.136 e. The topological polar surface area (TPSA) is 13.1 Å². The SMILES string of the molecule is [2H]c1c([2H])c([2H])c(-c2ccc(-c3c4ccccc4c(-c4c([2H])c([2H])c([2H])c5oc6c([2H])c([2H])c(-c7c([2H])c([2H])c([2H])c([2H])c7[2H])c([2H])c6c45)c4ccccc34)cc2)c([2H])c1[2H]. The highest BCUT2D eigenvalue weighted by Gasteiger charge is 2.20. The molecule has 1 nitrogen and oxygen atoms in total. The Balaban J connectivity index is 1.39. The zero-order valence-corrected chi connectivity index (χ0v) is 23.3. The number of hydrogen-bond donors (Lipinski definition) is 0. The highest BCUT2D eigenvalue weighted by atomic mass is 16.3. The fourth-order valence-corrected chi connectivity index (χ4v) is 6.05. The fourth-order valence-electron chi connectivity index (χ4n) is 6.05. The van der Waals surface area contributed by atoms with E-state index in [1.807, 2.05) is 36.4 Å². The molecule has 0 radical (unpaired) electrons. The third-order valence-electron chi connectivity index (χ3n) is 7.97. The molecule has 0 saturated heterocycles. The van der Waals surface area contributed by atoms with Crippen LogP contribution in [0.15, 0.2) is 174 Å². The van der Waals surface area contributed by atoms with Crippen molar-refractivity contribution in [3.05, 3.63) is 169 Å². The Morgan fingerprint density at radius 1 is 0.378 bits per heavy atom. The van der Waals surface area contributed by atoms with Crippen molar-refractivity contribution in [3.8, 4) is 44.5 Å². The van der Waals surface area contributed by atoms with Gasteiger partial charge in [-0.3, -0.25) is 0 Å². The van der Waals surface area contributed by atoms with E-state index in [1.54, 1.807) is 36.4 Å². The lowest BCUT2D eigenvalue weighted by atomic mass is 9.84. The summed E-state index contributed by atoms with van der Waals surface area (Å²) in [6.45, 7) is 0. The average molecular weight is 589 g/mol. The highest BCUT2D eigenvalue weighted by Crippen LogP contribution is 2.47. The van der Waals surface area contributed by atoms with Crippen molar-refractivity contribution in [2.45, 2.75) is 0 Å². The van der Waals surface area contributed by atoms with Gasteiger partial charge >= 0.3 is 0 Å². The van der Waals surface area contributed by atoms with Gasteiger partial charge in [0.1, 0.15) is 11.2 Å². The Bertz CT molecular complexity index is 3310. The molecular weight excluding hydrogens is 544 g/mol. The van der Waals surface area contributed by atoms with Gasteiger partial charge < -0.3 is 4.42 Å². The van der Waals surface area contributed by atoms with E-state index in [0.29, 0.717) is 38.2 Å². The molecule has 9 rings (SSSR count). The standard InChI is InChI=1S/C44H28O/c1-3-12-29(13-4-1)31-22-24-32(25-23-31)42-34-16-7-9-18-36(34)43(37-19-10-8-17-35(37)42)38-20-11-21-41-44(38)39-28-33(26-27-40(39)45-41)30-14-5-2-6-15-30/h1-28H/i1D,2D,3D,4D,5D,6D,11D,12D,13D,14D,15D,20D,21D,26D,27D,28D. The van der Waals surface area contributed by atoms with Crippen LogP contribution in [0.5, 0.6) is 0 Å². The van der Waals surface area contributed by atoms with Gasteiger partial charge in [0.25, 0.3) is 0 Å². The number of fused-ring (bicyclic) bond motifs is 5. The van der Waals surface area contributed by atoms with E-state index in [9.17, 15) is 2.74 Å². The van der Waals surface area contributed by atoms with Crippen molar-refractivity contribution in [1.82, 2.24) is 0 Å². The molecule has 0 amide bonds. The van der Waals surface area contributed by atoms with Crippen LogP contribution >= 0.6 is 0 Å². The lowest BCUT2D eigenvalue weighted by Gasteiger charge is -2.18. The van der Waals surface area contributed by atoms with Gasteiger partial charge in [-0.25, -0.2) is 0 Å². The van der Waals surface area contributed by atoms with E-state index in [0.717, 1.165) is 5.56 Å². The number of hydrogen-bond acceptors (Lipinski definition) is 1. The lowest BCUT2D eigenvalue weighted by Crippen LogP contribution is -1.91. The minimum absolute atomic E-state index is 0.0131. The van der Waals surface area contributed by atoms with E-state index in [2.05, 4.69) is 0 Å². The summed E-state index contributed by atoms with van der Waals surface area (Å²) in [5.74, 6) is 0. The maximum atomic E-state index is 9.54. The zero-order chi connectivity index (χ0) is 43.7. The second kappa shape index (κ2) is 10.4. The van der Waals surface area contributed by atoms with Crippen LogP contribution in [-0.4, -0.2) is 0 Å². The van der Waals surface area contributed by atoms with Gasteiger partial charge in [-0.1, -0.05) is 151 Å². The summed E-state index contributed by atoms with van der Waals surface area (Å²) in [4.78, 5) is 0. The first-order valence-corrected chi connectivity index (χ1v) is 14.1. The molecule has 0 unspecified atom stereocenters. The minimum Gasteiger partial charge on any atom is -0.456 e. The van der Waals surface area contributed by atoms with E-state index >= 15 is 0 Å². The molecule has 0 N–H and O–H groups in total. The summed E-state index contributed by atoms with van der Waals surface area (Å²) >= 11 is 0. The molecule has 1 aromatic heterocycles. The predicted octanol–water partition coefficient (Wildman–Crippen LogP) is 12.6. The van der Waals surface area contributed by atoms with Crippen LogP contribution in [0.4, 0.5) is 0 Å². The molecule has 0 bridgehead atoms. The van der Waals surface area contributed by atoms with Gasteiger partial charge in [-0.2, -0.15) is 0 Å². The molecule has 0 aliphatic carbocycles. The van der Waals surface area contributed by atoms with Crippen LogP contribution in [0.3, 0.4) is 0 Å². The Kier molecular flexibility index (Phi) is 3.28. The van der Waals surface area contributed by atoms with E-state index in [-0.39, 0.29) is 45.2 Å². The quantitative estimate of drug-likeness (QED) is 0.186. The Morgan fingerprint density at radius 2 is 0.933 bits per heavy atom. The number of benzene rings is 8. The maximum Gasteiger partial charge on any atom is 0.136 e. The number of rotatable bonds is 4. The molecule has 0 spiro atoms. The number of furan rings is 1. The highest BCUT2D eigenvalue weighted by molar-refractivity contribution is 6.25. The molecule has 0 aliphatic heterocycles. The van der Waals surface area contributed by atoms with Crippen molar-refractivity contribution in [2.24, 2.45) is 0 Å². The van der Waals surface area contributed by atoms with Crippen LogP contribution in [0.1, 0.15) is 21.9 Å². The molecule has 0 atom stereocenters. The largest absolute Gasteiger partial charge is 0.456 e. The first-order chi connectivity index (χ1) is 29.0. The van der Waals surface area contributed by atoms with Crippen molar-refractivity contribution < 1.29 is 26.3 Å². The first-order valence-electron chi connectivity index (χ1n) is 22.1. The molecule has 0 fully saturated rings. The first kappa shape index (κ1) is 14.2. The van der Waals surface area contributed by atoms with Crippen LogP contribution in [0.2, 0.25) is 0 Å². The second-order valence-corrected chi connectivity index (χ2v) is 10.4. The van der Waals surface area contributed by atoms with Gasteiger partial charge in [0.15, 0.2) is 0 Å². The molecule has 210 valence electrons. The van der Waals surface area contributed by atoms with Crippen LogP contribution in [-0.2, 0) is 0 Å². The maximum absolute atomic E-state index is 9.54. The van der Waals surface area contributed by atoms with Gasteiger partial charge in [-0.15, -0.1) is 0 Å². The van der Waals surface area contributed by atoms with E-state index < -0.39 is 95.7 Å². The van der Waals surface area contributed by atoms with Crippen molar-refractivity contribution in [3.63, 3.8) is 0 Å². The van der Waals surface area contributed by atoms with Gasteiger partial charge in [0.2, 0.25) is 0 Å². The normalized spacial score (nSPS) is 16.5. The van der Waals surface area contributed by atoms with Crippen molar-refractivity contribution in [2.75, 3.05) is 0 Å². The molecule has 1 heteroatoms. The Morgan fingerprint density at radius 3 is 1.56 bits per heavy atom. The van der Waals surface area contributed by atoms with Gasteiger partial charge in [-0.05, 0) is 84.2 Å². The third kappa shape index (κ3) is 4.17. The third-order valence-corrected chi connectivity index (χ3v) is 7.97. The Hall–Kier alpha value is -5.92. The molecule has 1 heterocycles. The molecular formula is C44H28O. The minimum atomic E-state index is -0.693. The summed E-state index contributed by atoms with van der Waals surface area (Å²) in [6.07, 6.45) is 0. The van der Waals surface area contributed by atoms with Crippen LogP contribution < -0.4 is 0 Å². The molecule has 8 aromatic carbocycles. The zero-order valence-electron chi connectivity index (χ0n) is 39.3. The van der Waals surface area contributed by atoms with Crippen molar-refractivity contribution >= 4 is 43.5 Å². The monoisotopic (exact) mass is 588 g/mol. The predicted molar refractivity (Wildman–Crippen MR) is 190 cm³/mol.